The quantitative estimate of drug-likeness (QED) is 0.731. The largest absolute Gasteiger partial charge is 0.481 e. The first-order valence-corrected chi connectivity index (χ1v) is 7.01. The van der Waals surface area contributed by atoms with Gasteiger partial charge < -0.3 is 15.7 Å². The second-order valence-electron chi connectivity index (χ2n) is 4.04. The number of nitrogens with one attached hydrogen (secondary N) is 2. The van der Waals surface area contributed by atoms with Crippen molar-refractivity contribution >= 4 is 35.2 Å². The van der Waals surface area contributed by atoms with E-state index in [1.54, 1.807) is 32.2 Å². The Balaban J connectivity index is 2.62. The van der Waals surface area contributed by atoms with Gasteiger partial charge in [-0.05, 0) is 30.7 Å². The van der Waals surface area contributed by atoms with Crippen LogP contribution in [0.3, 0.4) is 0 Å². The summed E-state index contributed by atoms with van der Waals surface area (Å²) in [5, 5.41) is 13.7. The van der Waals surface area contributed by atoms with Crippen LogP contribution in [0.15, 0.2) is 18.2 Å². The minimum atomic E-state index is -0.950. The van der Waals surface area contributed by atoms with Crippen LogP contribution in [0.1, 0.15) is 15.9 Å². The van der Waals surface area contributed by atoms with Crippen LogP contribution in [0.5, 0.6) is 0 Å². The zero-order valence-electron chi connectivity index (χ0n) is 11.2. The summed E-state index contributed by atoms with van der Waals surface area (Å²) in [5.41, 5.74) is 1.89. The Morgan fingerprint density at radius 1 is 1.25 bits per heavy atom. The van der Waals surface area contributed by atoms with Crippen LogP contribution in [-0.4, -0.2) is 41.4 Å². The Morgan fingerprint density at radius 2 is 1.95 bits per heavy atom. The average Bonchev–Trinajstić information content (AvgIpc) is 2.39. The molecule has 0 aliphatic carbocycles. The molecule has 0 spiro atoms. The Kier molecular flexibility index (Phi) is 6.05. The lowest BCUT2D eigenvalue weighted by molar-refractivity contribution is -0.133. The van der Waals surface area contributed by atoms with Gasteiger partial charge in [-0.3, -0.25) is 14.4 Å². The van der Waals surface area contributed by atoms with Crippen molar-refractivity contribution in [1.82, 2.24) is 5.32 Å². The van der Waals surface area contributed by atoms with Crippen molar-refractivity contribution < 1.29 is 19.5 Å². The summed E-state index contributed by atoms with van der Waals surface area (Å²) in [5.74, 6) is -1.45. The number of benzene rings is 1. The van der Waals surface area contributed by atoms with Gasteiger partial charge in [0.05, 0.1) is 11.5 Å². The molecule has 3 N–H and O–H groups in total. The van der Waals surface area contributed by atoms with Crippen molar-refractivity contribution in [1.29, 1.82) is 0 Å². The van der Waals surface area contributed by atoms with Gasteiger partial charge in [0.2, 0.25) is 5.91 Å². The van der Waals surface area contributed by atoms with Gasteiger partial charge in [0.25, 0.3) is 5.91 Å². The van der Waals surface area contributed by atoms with Crippen LogP contribution in [0.25, 0.3) is 0 Å². The van der Waals surface area contributed by atoms with Crippen molar-refractivity contribution in [2.45, 2.75) is 6.92 Å². The minimum Gasteiger partial charge on any atom is -0.481 e. The second kappa shape index (κ2) is 7.54. The molecule has 0 bridgehead atoms. The molecule has 0 saturated carbocycles. The highest BCUT2D eigenvalue weighted by Gasteiger charge is 2.09. The zero-order valence-corrected chi connectivity index (χ0v) is 12.0. The van der Waals surface area contributed by atoms with E-state index in [0.29, 0.717) is 11.3 Å². The van der Waals surface area contributed by atoms with E-state index in [0.717, 1.165) is 17.3 Å². The third-order valence-electron chi connectivity index (χ3n) is 2.45. The molecule has 20 heavy (non-hydrogen) atoms. The molecule has 0 saturated heterocycles. The number of thioether (sulfide) groups is 1. The van der Waals surface area contributed by atoms with E-state index in [1.165, 1.54) is 0 Å². The number of anilines is 1. The number of hydrogen-bond acceptors (Lipinski definition) is 4. The van der Waals surface area contributed by atoms with Crippen LogP contribution in [0.4, 0.5) is 5.69 Å². The summed E-state index contributed by atoms with van der Waals surface area (Å²) in [6.45, 7) is 1.78. The number of amides is 2. The normalized spacial score (nSPS) is 9.90. The van der Waals surface area contributed by atoms with Gasteiger partial charge in [0.1, 0.15) is 0 Å². The summed E-state index contributed by atoms with van der Waals surface area (Å²) >= 11 is 1.03. The van der Waals surface area contributed by atoms with Gasteiger partial charge in [-0.2, -0.15) is 0 Å². The summed E-state index contributed by atoms with van der Waals surface area (Å²) < 4.78 is 0. The monoisotopic (exact) mass is 296 g/mol. The molecule has 0 aliphatic rings. The number of hydrogen-bond donors (Lipinski definition) is 3. The van der Waals surface area contributed by atoms with Crippen LogP contribution < -0.4 is 10.6 Å². The van der Waals surface area contributed by atoms with E-state index in [2.05, 4.69) is 10.6 Å². The first kappa shape index (κ1) is 16.0. The standard InChI is InChI=1S/C13H16N2O4S/c1-8-5-9(13(19)14-2)3-4-10(8)15-11(16)6-20-7-12(17)18/h3-5H,6-7H2,1-2H3,(H,14,19)(H,15,16)(H,17,18). The van der Waals surface area contributed by atoms with E-state index in [-0.39, 0.29) is 23.3 Å². The Labute approximate surface area is 120 Å². The number of rotatable bonds is 6. The molecule has 0 fully saturated rings. The number of carboxylic acids is 1. The molecule has 1 rings (SSSR count). The van der Waals surface area contributed by atoms with E-state index in [4.69, 9.17) is 5.11 Å². The van der Waals surface area contributed by atoms with E-state index in [1.807, 2.05) is 0 Å². The fourth-order valence-electron chi connectivity index (χ4n) is 1.51. The predicted octanol–water partition coefficient (Wildman–Crippen LogP) is 1.11. The highest BCUT2D eigenvalue weighted by molar-refractivity contribution is 8.00. The third kappa shape index (κ3) is 4.93. The van der Waals surface area contributed by atoms with Crippen molar-refractivity contribution in [2.75, 3.05) is 23.9 Å². The Bertz CT molecular complexity index is 531. The van der Waals surface area contributed by atoms with Crippen molar-refractivity contribution in [3.8, 4) is 0 Å². The van der Waals surface area contributed by atoms with Gasteiger partial charge in [-0.25, -0.2) is 0 Å². The molecule has 0 unspecified atom stereocenters. The van der Waals surface area contributed by atoms with Crippen LogP contribution in [0.2, 0.25) is 0 Å². The molecule has 1 aromatic rings. The first-order valence-electron chi connectivity index (χ1n) is 5.86. The number of aliphatic carboxylic acids is 1. The zero-order chi connectivity index (χ0) is 15.1. The number of carbonyl (C=O) groups excluding carboxylic acids is 2. The molecule has 2 amide bonds. The van der Waals surface area contributed by atoms with Gasteiger partial charge in [-0.15, -0.1) is 11.8 Å². The fourth-order valence-corrected chi connectivity index (χ4v) is 2.04. The third-order valence-corrected chi connectivity index (χ3v) is 3.37. The van der Waals surface area contributed by atoms with Crippen LogP contribution in [-0.2, 0) is 9.59 Å². The molecule has 0 aliphatic heterocycles. The van der Waals surface area contributed by atoms with E-state index < -0.39 is 5.97 Å². The molecule has 108 valence electrons. The summed E-state index contributed by atoms with van der Waals surface area (Å²) in [7, 11) is 1.55. The molecule has 6 nitrogen and oxygen atoms in total. The van der Waals surface area contributed by atoms with Gasteiger partial charge >= 0.3 is 5.97 Å². The van der Waals surface area contributed by atoms with Crippen LogP contribution in [0, 0.1) is 6.92 Å². The van der Waals surface area contributed by atoms with Crippen molar-refractivity contribution in [3.05, 3.63) is 29.3 Å². The van der Waals surface area contributed by atoms with Gasteiger partial charge in [0.15, 0.2) is 0 Å². The molecule has 0 heterocycles. The van der Waals surface area contributed by atoms with Gasteiger partial charge in [-0.1, -0.05) is 0 Å². The van der Waals surface area contributed by atoms with Crippen molar-refractivity contribution in [3.63, 3.8) is 0 Å². The van der Waals surface area contributed by atoms with E-state index >= 15 is 0 Å². The highest BCUT2D eigenvalue weighted by Crippen LogP contribution is 2.17. The minimum absolute atomic E-state index is 0.0724. The lowest BCUT2D eigenvalue weighted by atomic mass is 10.1. The smallest absolute Gasteiger partial charge is 0.313 e. The number of aryl methyl sites for hydroxylation is 1. The Hall–Kier alpha value is -2.02. The Morgan fingerprint density at radius 3 is 2.50 bits per heavy atom. The molecular weight excluding hydrogens is 280 g/mol. The van der Waals surface area contributed by atoms with E-state index in [9.17, 15) is 14.4 Å². The maximum Gasteiger partial charge on any atom is 0.313 e. The van der Waals surface area contributed by atoms with Crippen LogP contribution >= 0.6 is 11.8 Å². The second-order valence-corrected chi connectivity index (χ2v) is 5.03. The summed E-state index contributed by atoms with van der Waals surface area (Å²) in [6, 6.07) is 4.95. The number of carbonyl (C=O) groups is 3. The SMILES string of the molecule is CNC(=O)c1ccc(NC(=O)CSCC(=O)O)c(C)c1. The molecule has 0 radical (unpaired) electrons. The summed E-state index contributed by atoms with van der Waals surface area (Å²) in [6.07, 6.45) is 0. The highest BCUT2D eigenvalue weighted by atomic mass is 32.2. The topological polar surface area (TPSA) is 95.5 Å². The lowest BCUT2D eigenvalue weighted by Crippen LogP contribution is -2.19. The maximum absolute atomic E-state index is 11.6. The maximum atomic E-state index is 11.6. The van der Waals surface area contributed by atoms with Gasteiger partial charge in [0, 0.05) is 18.3 Å². The average molecular weight is 296 g/mol. The lowest BCUT2D eigenvalue weighted by Gasteiger charge is -2.09. The fraction of sp³-hybridized carbons (Fsp3) is 0.308. The molecule has 0 atom stereocenters. The predicted molar refractivity (Wildman–Crippen MR) is 78.2 cm³/mol. The first-order chi connectivity index (χ1) is 9.43. The van der Waals surface area contributed by atoms with Crippen molar-refractivity contribution in [2.24, 2.45) is 0 Å². The molecule has 1 aromatic carbocycles. The summed E-state index contributed by atoms with van der Waals surface area (Å²) in [4.78, 5) is 33.4. The molecule has 7 heteroatoms. The number of carboxylic acid groups (broad SMARTS) is 1. The molecular formula is C13H16N2O4S. The molecule has 0 aromatic heterocycles.